The van der Waals surface area contributed by atoms with Crippen LogP contribution in [0.1, 0.15) is 5.56 Å². The Bertz CT molecular complexity index is 808. The Balaban J connectivity index is 1.65. The Morgan fingerprint density at radius 2 is 1.75 bits per heavy atom. The largest absolute Gasteiger partial charge is 0.497 e. The van der Waals surface area contributed by atoms with Gasteiger partial charge in [-0.1, -0.05) is 24.3 Å². The predicted octanol–water partition coefficient (Wildman–Crippen LogP) is 4.60. The van der Waals surface area contributed by atoms with E-state index in [1.54, 1.807) is 7.11 Å². The van der Waals surface area contributed by atoms with Crippen LogP contribution >= 0.6 is 15.9 Å². The predicted molar refractivity (Wildman–Crippen MR) is 99.8 cm³/mol. The lowest BCUT2D eigenvalue weighted by atomic mass is 10.2. The summed E-state index contributed by atoms with van der Waals surface area (Å²) in [7, 11) is 1.66. The zero-order valence-electron chi connectivity index (χ0n) is 13.2. The van der Waals surface area contributed by atoms with Crippen molar-refractivity contribution in [3.63, 3.8) is 0 Å². The summed E-state index contributed by atoms with van der Waals surface area (Å²) in [5, 5.41) is 6.57. The van der Waals surface area contributed by atoms with Gasteiger partial charge < -0.3 is 15.4 Å². The molecule has 0 radical (unpaired) electrons. The number of nitrogens with zero attached hydrogens (tertiary/aromatic N) is 2. The molecular formula is C18H17BrN4O. The van der Waals surface area contributed by atoms with Gasteiger partial charge in [-0.25, -0.2) is 9.97 Å². The first-order valence-electron chi connectivity index (χ1n) is 7.45. The lowest BCUT2D eigenvalue weighted by Gasteiger charge is -2.10. The number of ether oxygens (including phenoxy) is 1. The first kappa shape index (κ1) is 16.3. The molecule has 0 saturated carbocycles. The molecule has 1 aromatic heterocycles. The summed E-state index contributed by atoms with van der Waals surface area (Å²) in [6.45, 7) is 0.676. The summed E-state index contributed by atoms with van der Waals surface area (Å²) in [6, 6.07) is 17.7. The van der Waals surface area contributed by atoms with Gasteiger partial charge in [-0.05, 0) is 45.8 Å². The van der Waals surface area contributed by atoms with Crippen LogP contribution in [0.25, 0.3) is 0 Å². The molecule has 3 rings (SSSR count). The summed E-state index contributed by atoms with van der Waals surface area (Å²) in [6.07, 6.45) is 1.54. The third-order valence-corrected chi connectivity index (χ3v) is 4.13. The van der Waals surface area contributed by atoms with Crippen molar-refractivity contribution in [1.82, 2.24) is 9.97 Å². The number of para-hydroxylation sites is 1. The Morgan fingerprint density at radius 1 is 1.00 bits per heavy atom. The standard InChI is InChI=1S/C18H17BrN4O/c1-24-14-8-6-13(7-9-14)11-20-17-10-18(22-12-21-17)23-16-5-3-2-4-15(16)19/h2-10,12H,11H2,1H3,(H2,20,21,22,23). The fourth-order valence-corrected chi connectivity index (χ4v) is 2.54. The highest BCUT2D eigenvalue weighted by molar-refractivity contribution is 9.10. The van der Waals surface area contributed by atoms with Gasteiger partial charge in [-0.15, -0.1) is 0 Å². The van der Waals surface area contributed by atoms with Gasteiger partial charge in [-0.3, -0.25) is 0 Å². The molecule has 0 atom stereocenters. The topological polar surface area (TPSA) is 59.1 Å². The zero-order valence-corrected chi connectivity index (χ0v) is 14.7. The van der Waals surface area contributed by atoms with E-state index in [0.717, 1.165) is 33.1 Å². The highest BCUT2D eigenvalue weighted by Gasteiger charge is 2.02. The molecule has 0 fully saturated rings. The first-order chi connectivity index (χ1) is 11.7. The van der Waals surface area contributed by atoms with Crippen molar-refractivity contribution in [2.24, 2.45) is 0 Å². The summed E-state index contributed by atoms with van der Waals surface area (Å²) in [5.74, 6) is 2.34. The van der Waals surface area contributed by atoms with Crippen LogP contribution in [0.4, 0.5) is 17.3 Å². The van der Waals surface area contributed by atoms with Gasteiger partial charge in [-0.2, -0.15) is 0 Å². The third kappa shape index (κ3) is 4.23. The molecule has 6 heteroatoms. The maximum absolute atomic E-state index is 5.16. The second-order valence-electron chi connectivity index (χ2n) is 5.09. The minimum atomic E-state index is 0.676. The Kier molecular flexibility index (Phi) is 5.28. The maximum atomic E-state index is 5.16. The van der Waals surface area contributed by atoms with Gasteiger partial charge in [0.25, 0.3) is 0 Å². The van der Waals surface area contributed by atoms with Crippen molar-refractivity contribution >= 4 is 33.3 Å². The lowest BCUT2D eigenvalue weighted by Crippen LogP contribution is -2.03. The zero-order chi connectivity index (χ0) is 16.8. The molecule has 0 amide bonds. The fraction of sp³-hybridized carbons (Fsp3) is 0.111. The van der Waals surface area contributed by atoms with Crippen LogP contribution in [0.3, 0.4) is 0 Å². The monoisotopic (exact) mass is 384 g/mol. The van der Waals surface area contributed by atoms with E-state index in [9.17, 15) is 0 Å². The van der Waals surface area contributed by atoms with Crippen LogP contribution < -0.4 is 15.4 Å². The summed E-state index contributed by atoms with van der Waals surface area (Å²) < 4.78 is 6.14. The maximum Gasteiger partial charge on any atom is 0.135 e. The average Bonchev–Trinajstić information content (AvgIpc) is 2.63. The molecule has 0 spiro atoms. The quantitative estimate of drug-likeness (QED) is 0.649. The van der Waals surface area contributed by atoms with Crippen LogP contribution in [-0.2, 0) is 6.54 Å². The number of methoxy groups -OCH3 is 1. The van der Waals surface area contributed by atoms with Crippen LogP contribution in [0.5, 0.6) is 5.75 Å². The highest BCUT2D eigenvalue weighted by Crippen LogP contribution is 2.25. The Hall–Kier alpha value is -2.60. The molecule has 2 N–H and O–H groups in total. The lowest BCUT2D eigenvalue weighted by molar-refractivity contribution is 0.414. The molecule has 122 valence electrons. The number of hydrogen-bond donors (Lipinski definition) is 2. The fourth-order valence-electron chi connectivity index (χ4n) is 2.16. The number of nitrogens with one attached hydrogen (secondary N) is 2. The van der Waals surface area contributed by atoms with E-state index < -0.39 is 0 Å². The molecular weight excluding hydrogens is 368 g/mol. The number of anilines is 3. The molecule has 1 heterocycles. The van der Waals surface area contributed by atoms with Crippen LogP contribution in [-0.4, -0.2) is 17.1 Å². The third-order valence-electron chi connectivity index (χ3n) is 3.44. The van der Waals surface area contributed by atoms with E-state index in [1.165, 1.54) is 6.33 Å². The van der Waals surface area contributed by atoms with E-state index in [-0.39, 0.29) is 0 Å². The van der Waals surface area contributed by atoms with E-state index >= 15 is 0 Å². The molecule has 3 aromatic rings. The Morgan fingerprint density at radius 3 is 2.50 bits per heavy atom. The molecule has 0 saturated heterocycles. The first-order valence-corrected chi connectivity index (χ1v) is 8.24. The SMILES string of the molecule is COc1ccc(CNc2cc(Nc3ccccc3Br)ncn2)cc1. The smallest absolute Gasteiger partial charge is 0.135 e. The average molecular weight is 385 g/mol. The molecule has 24 heavy (non-hydrogen) atoms. The van der Waals surface area contributed by atoms with Gasteiger partial charge in [0.2, 0.25) is 0 Å². The molecule has 0 aliphatic rings. The molecule has 0 unspecified atom stereocenters. The summed E-state index contributed by atoms with van der Waals surface area (Å²) >= 11 is 3.51. The minimum absolute atomic E-state index is 0.676. The van der Waals surface area contributed by atoms with E-state index in [1.807, 2.05) is 54.6 Å². The van der Waals surface area contributed by atoms with Crippen molar-refractivity contribution in [3.8, 4) is 5.75 Å². The van der Waals surface area contributed by atoms with Gasteiger partial charge in [0.1, 0.15) is 23.7 Å². The second-order valence-corrected chi connectivity index (χ2v) is 5.95. The number of halogens is 1. The van der Waals surface area contributed by atoms with E-state index in [2.05, 4.69) is 36.5 Å². The van der Waals surface area contributed by atoms with Gasteiger partial charge in [0, 0.05) is 17.1 Å². The molecule has 0 bridgehead atoms. The van der Waals surface area contributed by atoms with E-state index in [4.69, 9.17) is 4.74 Å². The molecule has 0 aliphatic heterocycles. The molecule has 5 nitrogen and oxygen atoms in total. The van der Waals surface area contributed by atoms with Gasteiger partial charge in [0.15, 0.2) is 0 Å². The highest BCUT2D eigenvalue weighted by atomic mass is 79.9. The molecule has 0 aliphatic carbocycles. The number of hydrogen-bond acceptors (Lipinski definition) is 5. The Labute approximate surface area is 149 Å². The van der Waals surface area contributed by atoms with Crippen LogP contribution in [0, 0.1) is 0 Å². The van der Waals surface area contributed by atoms with Crippen molar-refractivity contribution in [1.29, 1.82) is 0 Å². The number of rotatable bonds is 6. The summed E-state index contributed by atoms with van der Waals surface area (Å²) in [4.78, 5) is 8.51. The molecule has 2 aromatic carbocycles. The number of benzene rings is 2. The van der Waals surface area contributed by atoms with Crippen molar-refractivity contribution in [2.75, 3.05) is 17.7 Å². The number of aromatic nitrogens is 2. The van der Waals surface area contributed by atoms with Gasteiger partial charge in [0.05, 0.1) is 12.8 Å². The van der Waals surface area contributed by atoms with Crippen molar-refractivity contribution < 1.29 is 4.74 Å². The van der Waals surface area contributed by atoms with Crippen molar-refractivity contribution in [3.05, 3.63) is 71.0 Å². The summed E-state index contributed by atoms with van der Waals surface area (Å²) in [5.41, 5.74) is 2.10. The van der Waals surface area contributed by atoms with E-state index in [0.29, 0.717) is 6.54 Å². The minimum Gasteiger partial charge on any atom is -0.497 e. The van der Waals surface area contributed by atoms with Crippen LogP contribution in [0.2, 0.25) is 0 Å². The van der Waals surface area contributed by atoms with Crippen molar-refractivity contribution in [2.45, 2.75) is 6.54 Å². The van der Waals surface area contributed by atoms with Gasteiger partial charge >= 0.3 is 0 Å². The van der Waals surface area contributed by atoms with Crippen LogP contribution in [0.15, 0.2) is 65.4 Å². The second kappa shape index (κ2) is 7.79. The normalized spacial score (nSPS) is 10.2.